The summed E-state index contributed by atoms with van der Waals surface area (Å²) >= 11 is 0. The molecule has 3 rings (SSSR count). The highest BCUT2D eigenvalue weighted by Crippen LogP contribution is 2.20. The molecular formula is C23H24N2O3. The standard InChI is InChI=1S/C23H24N2O3/c1-5-18-11-13-19(14-12-18)22(26)17(4)28-23(27)21-15(2)24-25(16(21)3)20-9-7-6-8-10-20/h6-14,17H,5H2,1-4H3. The Bertz CT molecular complexity index is 989. The Kier molecular flexibility index (Phi) is 5.73. The quantitative estimate of drug-likeness (QED) is 0.470. The maximum atomic E-state index is 12.7. The van der Waals surface area contributed by atoms with Crippen molar-refractivity contribution in [1.29, 1.82) is 0 Å². The number of esters is 1. The third-order valence-electron chi connectivity index (χ3n) is 4.80. The van der Waals surface area contributed by atoms with Crippen molar-refractivity contribution < 1.29 is 14.3 Å². The van der Waals surface area contributed by atoms with E-state index in [-0.39, 0.29) is 5.78 Å². The molecule has 0 amide bonds. The molecule has 0 N–H and O–H groups in total. The van der Waals surface area contributed by atoms with Gasteiger partial charge in [-0.25, -0.2) is 9.48 Å². The first-order valence-corrected chi connectivity index (χ1v) is 9.38. The second-order valence-electron chi connectivity index (χ2n) is 6.76. The molecule has 1 atom stereocenters. The number of rotatable bonds is 6. The van der Waals surface area contributed by atoms with Crippen molar-refractivity contribution in [3.8, 4) is 5.69 Å². The fourth-order valence-electron chi connectivity index (χ4n) is 3.17. The average Bonchev–Trinajstić information content (AvgIpc) is 3.02. The van der Waals surface area contributed by atoms with Gasteiger partial charge >= 0.3 is 5.97 Å². The summed E-state index contributed by atoms with van der Waals surface area (Å²) in [6.07, 6.45) is 0.0297. The number of hydrogen-bond acceptors (Lipinski definition) is 4. The van der Waals surface area contributed by atoms with Crippen molar-refractivity contribution in [3.05, 3.63) is 82.7 Å². The van der Waals surface area contributed by atoms with Gasteiger partial charge in [0.1, 0.15) is 5.56 Å². The largest absolute Gasteiger partial charge is 0.451 e. The fourth-order valence-corrected chi connectivity index (χ4v) is 3.17. The minimum Gasteiger partial charge on any atom is -0.451 e. The number of nitrogens with zero attached hydrogens (tertiary/aromatic N) is 2. The van der Waals surface area contributed by atoms with Crippen LogP contribution in [0.5, 0.6) is 0 Å². The molecule has 2 aromatic carbocycles. The van der Waals surface area contributed by atoms with E-state index in [2.05, 4.69) is 12.0 Å². The van der Waals surface area contributed by atoms with Crippen molar-refractivity contribution >= 4 is 11.8 Å². The summed E-state index contributed by atoms with van der Waals surface area (Å²) in [5, 5.41) is 4.46. The van der Waals surface area contributed by atoms with Gasteiger partial charge in [0.05, 0.1) is 17.1 Å². The SMILES string of the molecule is CCc1ccc(C(=O)C(C)OC(=O)c2c(C)nn(-c3ccccc3)c2C)cc1. The normalized spacial score (nSPS) is 11.9. The van der Waals surface area contributed by atoms with Crippen molar-refractivity contribution in [2.75, 3.05) is 0 Å². The van der Waals surface area contributed by atoms with Crippen LogP contribution >= 0.6 is 0 Å². The van der Waals surface area contributed by atoms with Crippen molar-refractivity contribution in [1.82, 2.24) is 9.78 Å². The van der Waals surface area contributed by atoms with E-state index in [1.807, 2.05) is 49.4 Å². The zero-order chi connectivity index (χ0) is 20.3. The van der Waals surface area contributed by atoms with E-state index >= 15 is 0 Å². The first-order valence-electron chi connectivity index (χ1n) is 9.38. The van der Waals surface area contributed by atoms with Crippen LogP contribution in [0.3, 0.4) is 0 Å². The molecule has 5 nitrogen and oxygen atoms in total. The van der Waals surface area contributed by atoms with Gasteiger partial charge in [-0.15, -0.1) is 0 Å². The predicted octanol–water partition coefficient (Wildman–Crippen LogP) is 4.48. The number of carbonyl (C=O) groups excluding carboxylic acids is 2. The molecule has 3 aromatic rings. The highest BCUT2D eigenvalue weighted by Gasteiger charge is 2.25. The van der Waals surface area contributed by atoms with E-state index in [9.17, 15) is 9.59 Å². The Balaban J connectivity index is 1.79. The van der Waals surface area contributed by atoms with Gasteiger partial charge in [-0.1, -0.05) is 49.4 Å². The van der Waals surface area contributed by atoms with E-state index in [4.69, 9.17) is 4.74 Å². The predicted molar refractivity (Wildman–Crippen MR) is 108 cm³/mol. The Labute approximate surface area is 165 Å². The molecule has 0 saturated carbocycles. The molecule has 0 fully saturated rings. The number of ketones is 1. The van der Waals surface area contributed by atoms with Crippen molar-refractivity contribution in [2.24, 2.45) is 0 Å². The number of carbonyl (C=O) groups is 2. The van der Waals surface area contributed by atoms with E-state index in [1.165, 1.54) is 0 Å². The summed E-state index contributed by atoms with van der Waals surface area (Å²) in [7, 11) is 0. The number of Topliss-reactive ketones (excluding diaryl/α,β-unsaturated/α-hetero) is 1. The molecule has 0 aliphatic carbocycles. The lowest BCUT2D eigenvalue weighted by Crippen LogP contribution is -2.25. The second kappa shape index (κ2) is 8.21. The number of aryl methyl sites for hydroxylation is 2. The lowest BCUT2D eigenvalue weighted by atomic mass is 10.0. The van der Waals surface area contributed by atoms with Crippen LogP contribution < -0.4 is 0 Å². The van der Waals surface area contributed by atoms with E-state index in [0.717, 1.165) is 17.7 Å². The molecule has 0 aliphatic rings. The van der Waals surface area contributed by atoms with Crippen LogP contribution in [0.4, 0.5) is 0 Å². The molecule has 144 valence electrons. The zero-order valence-corrected chi connectivity index (χ0v) is 16.6. The van der Waals surface area contributed by atoms with Gasteiger partial charge in [0.15, 0.2) is 6.10 Å². The third kappa shape index (κ3) is 3.88. The van der Waals surface area contributed by atoms with Gasteiger partial charge in [0.25, 0.3) is 0 Å². The summed E-state index contributed by atoms with van der Waals surface area (Å²) in [6.45, 7) is 7.24. The molecule has 5 heteroatoms. The molecule has 0 bridgehead atoms. The van der Waals surface area contributed by atoms with E-state index in [1.54, 1.807) is 30.7 Å². The Morgan fingerprint density at radius 3 is 2.29 bits per heavy atom. The lowest BCUT2D eigenvalue weighted by molar-refractivity contribution is 0.0317. The Hall–Kier alpha value is -3.21. The molecule has 28 heavy (non-hydrogen) atoms. The van der Waals surface area contributed by atoms with E-state index in [0.29, 0.717) is 22.5 Å². The van der Waals surface area contributed by atoms with Gasteiger partial charge in [0, 0.05) is 5.56 Å². The maximum absolute atomic E-state index is 12.7. The van der Waals surface area contributed by atoms with Crippen LogP contribution in [-0.4, -0.2) is 27.6 Å². The van der Waals surface area contributed by atoms with Gasteiger partial charge < -0.3 is 4.74 Å². The average molecular weight is 376 g/mol. The molecule has 0 radical (unpaired) electrons. The minimum absolute atomic E-state index is 0.221. The summed E-state index contributed by atoms with van der Waals surface area (Å²) in [5.74, 6) is -0.759. The monoisotopic (exact) mass is 376 g/mol. The first kappa shape index (κ1) is 19.5. The van der Waals surface area contributed by atoms with Crippen LogP contribution in [0.2, 0.25) is 0 Å². The van der Waals surface area contributed by atoms with Gasteiger partial charge in [-0.3, -0.25) is 4.79 Å². The first-order chi connectivity index (χ1) is 13.4. The number of aromatic nitrogens is 2. The summed E-state index contributed by atoms with van der Waals surface area (Å²) in [6, 6.07) is 17.0. The molecule has 0 aliphatic heterocycles. The summed E-state index contributed by atoms with van der Waals surface area (Å²) in [5.41, 5.74) is 4.19. The topological polar surface area (TPSA) is 61.2 Å². The number of para-hydroxylation sites is 1. The van der Waals surface area contributed by atoms with Crippen LogP contribution in [0, 0.1) is 13.8 Å². The minimum atomic E-state index is -0.876. The highest BCUT2D eigenvalue weighted by molar-refractivity contribution is 6.01. The van der Waals surface area contributed by atoms with Gasteiger partial charge in [0.2, 0.25) is 5.78 Å². The zero-order valence-electron chi connectivity index (χ0n) is 16.6. The molecule has 0 spiro atoms. The van der Waals surface area contributed by atoms with Gasteiger partial charge in [-0.05, 0) is 44.9 Å². The molecule has 1 heterocycles. The molecule has 0 saturated heterocycles. The number of ether oxygens (including phenoxy) is 1. The van der Waals surface area contributed by atoms with Crippen LogP contribution in [0.1, 0.15) is 51.5 Å². The Morgan fingerprint density at radius 2 is 1.68 bits per heavy atom. The third-order valence-corrected chi connectivity index (χ3v) is 4.80. The highest BCUT2D eigenvalue weighted by atomic mass is 16.5. The van der Waals surface area contributed by atoms with Crippen molar-refractivity contribution in [3.63, 3.8) is 0 Å². The molecule has 1 unspecified atom stereocenters. The summed E-state index contributed by atoms with van der Waals surface area (Å²) < 4.78 is 7.19. The molecule has 1 aromatic heterocycles. The van der Waals surface area contributed by atoms with Gasteiger partial charge in [-0.2, -0.15) is 5.10 Å². The maximum Gasteiger partial charge on any atom is 0.342 e. The molecular weight excluding hydrogens is 352 g/mol. The summed E-state index contributed by atoms with van der Waals surface area (Å²) in [4.78, 5) is 25.4. The van der Waals surface area contributed by atoms with Crippen LogP contribution in [0.15, 0.2) is 54.6 Å². The number of benzene rings is 2. The lowest BCUT2D eigenvalue weighted by Gasteiger charge is -2.13. The van der Waals surface area contributed by atoms with Crippen LogP contribution in [0.25, 0.3) is 5.69 Å². The Morgan fingerprint density at radius 1 is 1.04 bits per heavy atom. The number of hydrogen-bond donors (Lipinski definition) is 0. The van der Waals surface area contributed by atoms with Crippen molar-refractivity contribution in [2.45, 2.75) is 40.2 Å². The van der Waals surface area contributed by atoms with Crippen LogP contribution in [-0.2, 0) is 11.2 Å². The second-order valence-corrected chi connectivity index (χ2v) is 6.76. The smallest absolute Gasteiger partial charge is 0.342 e. The van der Waals surface area contributed by atoms with E-state index < -0.39 is 12.1 Å². The fraction of sp³-hybridized carbons (Fsp3) is 0.261.